The van der Waals surface area contributed by atoms with Crippen LogP contribution in [0.4, 0.5) is 5.82 Å². The number of anilines is 1. The molecule has 2 atom stereocenters. The largest absolute Gasteiger partial charge is 0.384 e. The summed E-state index contributed by atoms with van der Waals surface area (Å²) in [5.41, 5.74) is 8.61. The SMILES string of the molecule is CC1Cc2nc(Cc3ccccc3)c(N)n2C(C)C1. The molecule has 2 heterocycles. The van der Waals surface area contributed by atoms with E-state index in [0.29, 0.717) is 12.0 Å². The molecule has 3 nitrogen and oxygen atoms in total. The van der Waals surface area contributed by atoms with Gasteiger partial charge in [0.05, 0.1) is 5.69 Å². The molecule has 0 aliphatic carbocycles. The zero-order valence-electron chi connectivity index (χ0n) is 11.6. The molecule has 2 aromatic rings. The highest BCUT2D eigenvalue weighted by Gasteiger charge is 2.26. The Morgan fingerprint density at radius 2 is 2.00 bits per heavy atom. The molecule has 0 spiro atoms. The van der Waals surface area contributed by atoms with Crippen molar-refractivity contribution >= 4 is 5.82 Å². The van der Waals surface area contributed by atoms with Gasteiger partial charge in [0.15, 0.2) is 0 Å². The van der Waals surface area contributed by atoms with Crippen LogP contribution in [0.25, 0.3) is 0 Å². The molecule has 1 aromatic heterocycles. The number of nitrogen functional groups attached to an aromatic ring is 1. The van der Waals surface area contributed by atoms with E-state index in [-0.39, 0.29) is 0 Å². The van der Waals surface area contributed by atoms with Crippen molar-refractivity contribution < 1.29 is 0 Å². The van der Waals surface area contributed by atoms with Crippen LogP contribution < -0.4 is 5.73 Å². The highest BCUT2D eigenvalue weighted by molar-refractivity contribution is 5.42. The van der Waals surface area contributed by atoms with Gasteiger partial charge in [0.1, 0.15) is 11.6 Å². The van der Waals surface area contributed by atoms with Gasteiger partial charge in [-0.05, 0) is 24.8 Å². The summed E-state index contributed by atoms with van der Waals surface area (Å²) in [6.07, 6.45) is 3.06. The van der Waals surface area contributed by atoms with Gasteiger partial charge in [0, 0.05) is 18.9 Å². The van der Waals surface area contributed by atoms with Crippen LogP contribution in [0.1, 0.15) is 43.4 Å². The quantitative estimate of drug-likeness (QED) is 0.895. The predicted octanol–water partition coefficient (Wildman–Crippen LogP) is 3.20. The van der Waals surface area contributed by atoms with Crippen molar-refractivity contribution in [2.24, 2.45) is 5.92 Å². The van der Waals surface area contributed by atoms with E-state index in [0.717, 1.165) is 30.2 Å². The molecule has 1 aromatic carbocycles. The second kappa shape index (κ2) is 4.72. The fraction of sp³-hybridized carbons (Fsp3) is 0.438. The Morgan fingerprint density at radius 3 is 2.74 bits per heavy atom. The van der Waals surface area contributed by atoms with Crippen LogP contribution in [-0.2, 0) is 12.8 Å². The first-order valence-electron chi connectivity index (χ1n) is 7.04. The van der Waals surface area contributed by atoms with Crippen molar-refractivity contribution in [2.75, 3.05) is 5.73 Å². The van der Waals surface area contributed by atoms with E-state index in [1.807, 2.05) is 6.07 Å². The molecule has 0 amide bonds. The van der Waals surface area contributed by atoms with Crippen molar-refractivity contribution in [3.05, 3.63) is 47.4 Å². The van der Waals surface area contributed by atoms with E-state index in [1.165, 1.54) is 12.0 Å². The van der Waals surface area contributed by atoms with E-state index < -0.39 is 0 Å². The zero-order valence-corrected chi connectivity index (χ0v) is 11.6. The third-order valence-corrected chi connectivity index (χ3v) is 4.03. The van der Waals surface area contributed by atoms with Crippen LogP contribution in [0.3, 0.4) is 0 Å². The molecular formula is C16H21N3. The van der Waals surface area contributed by atoms with Crippen molar-refractivity contribution in [1.29, 1.82) is 0 Å². The topological polar surface area (TPSA) is 43.8 Å². The van der Waals surface area contributed by atoms with Gasteiger partial charge >= 0.3 is 0 Å². The third-order valence-electron chi connectivity index (χ3n) is 4.03. The molecular weight excluding hydrogens is 234 g/mol. The van der Waals surface area contributed by atoms with Crippen molar-refractivity contribution in [2.45, 2.75) is 39.2 Å². The molecule has 100 valence electrons. The first kappa shape index (κ1) is 12.3. The Bertz CT molecular complexity index is 571. The zero-order chi connectivity index (χ0) is 13.4. The lowest BCUT2D eigenvalue weighted by Gasteiger charge is -2.27. The van der Waals surface area contributed by atoms with Gasteiger partial charge < -0.3 is 10.3 Å². The van der Waals surface area contributed by atoms with Gasteiger partial charge in [0.2, 0.25) is 0 Å². The van der Waals surface area contributed by atoms with Crippen molar-refractivity contribution in [3.63, 3.8) is 0 Å². The third kappa shape index (κ3) is 2.25. The number of nitrogens with two attached hydrogens (primary N) is 1. The number of hydrogen-bond donors (Lipinski definition) is 1. The van der Waals surface area contributed by atoms with Crippen LogP contribution in [-0.4, -0.2) is 9.55 Å². The Morgan fingerprint density at radius 1 is 1.26 bits per heavy atom. The number of benzene rings is 1. The Hall–Kier alpha value is -1.77. The van der Waals surface area contributed by atoms with E-state index in [4.69, 9.17) is 10.7 Å². The first-order chi connectivity index (χ1) is 9.15. The van der Waals surface area contributed by atoms with Gasteiger partial charge in [-0.2, -0.15) is 0 Å². The highest BCUT2D eigenvalue weighted by atomic mass is 15.2. The minimum atomic E-state index is 0.468. The number of fused-ring (bicyclic) bond motifs is 1. The predicted molar refractivity (Wildman–Crippen MR) is 78.1 cm³/mol. The van der Waals surface area contributed by atoms with E-state index in [9.17, 15) is 0 Å². The molecule has 2 unspecified atom stereocenters. The molecule has 2 N–H and O–H groups in total. The minimum Gasteiger partial charge on any atom is -0.384 e. The van der Waals surface area contributed by atoms with Crippen LogP contribution in [0.15, 0.2) is 30.3 Å². The van der Waals surface area contributed by atoms with Crippen LogP contribution >= 0.6 is 0 Å². The lowest BCUT2D eigenvalue weighted by Crippen LogP contribution is -2.22. The highest BCUT2D eigenvalue weighted by Crippen LogP contribution is 2.32. The van der Waals surface area contributed by atoms with Gasteiger partial charge in [-0.15, -0.1) is 0 Å². The van der Waals surface area contributed by atoms with Crippen LogP contribution in [0.5, 0.6) is 0 Å². The number of hydrogen-bond acceptors (Lipinski definition) is 2. The average Bonchev–Trinajstić information content (AvgIpc) is 2.67. The Balaban J connectivity index is 1.94. The molecule has 19 heavy (non-hydrogen) atoms. The molecule has 0 saturated carbocycles. The number of imidazole rings is 1. The summed E-state index contributed by atoms with van der Waals surface area (Å²) in [6, 6.07) is 10.9. The minimum absolute atomic E-state index is 0.468. The monoisotopic (exact) mass is 255 g/mol. The lowest BCUT2D eigenvalue weighted by molar-refractivity contribution is 0.346. The summed E-state index contributed by atoms with van der Waals surface area (Å²) in [6.45, 7) is 4.53. The molecule has 3 heteroatoms. The maximum absolute atomic E-state index is 6.31. The maximum atomic E-state index is 6.31. The first-order valence-corrected chi connectivity index (χ1v) is 7.04. The van der Waals surface area contributed by atoms with E-state index in [2.05, 4.69) is 42.7 Å². The Labute approximate surface area is 114 Å². The lowest BCUT2D eigenvalue weighted by atomic mass is 9.95. The summed E-state index contributed by atoms with van der Waals surface area (Å²) >= 11 is 0. The smallest absolute Gasteiger partial charge is 0.127 e. The molecule has 0 radical (unpaired) electrons. The summed E-state index contributed by atoms with van der Waals surface area (Å²) in [5.74, 6) is 2.72. The second-order valence-electron chi connectivity index (χ2n) is 5.79. The Kier molecular flexibility index (Phi) is 3.05. The summed E-state index contributed by atoms with van der Waals surface area (Å²) in [7, 11) is 0. The maximum Gasteiger partial charge on any atom is 0.127 e. The fourth-order valence-corrected chi connectivity index (χ4v) is 3.18. The second-order valence-corrected chi connectivity index (χ2v) is 5.79. The molecule has 0 saturated heterocycles. The summed E-state index contributed by atoms with van der Waals surface area (Å²) < 4.78 is 2.23. The molecule has 1 aliphatic rings. The van der Waals surface area contributed by atoms with E-state index in [1.54, 1.807) is 0 Å². The van der Waals surface area contributed by atoms with Gasteiger partial charge in [0.25, 0.3) is 0 Å². The standard InChI is InChI=1S/C16H21N3/c1-11-8-12(2)19-15(9-11)18-14(16(19)17)10-13-6-4-3-5-7-13/h3-7,11-12H,8-10,17H2,1-2H3. The van der Waals surface area contributed by atoms with Crippen molar-refractivity contribution in [3.8, 4) is 0 Å². The summed E-state index contributed by atoms with van der Waals surface area (Å²) in [5, 5.41) is 0. The van der Waals surface area contributed by atoms with Gasteiger partial charge in [-0.3, -0.25) is 0 Å². The normalized spacial score (nSPS) is 22.2. The molecule has 0 bridgehead atoms. The van der Waals surface area contributed by atoms with E-state index >= 15 is 0 Å². The number of nitrogens with zero attached hydrogens (tertiary/aromatic N) is 2. The van der Waals surface area contributed by atoms with Crippen LogP contribution in [0.2, 0.25) is 0 Å². The van der Waals surface area contributed by atoms with Crippen LogP contribution in [0, 0.1) is 5.92 Å². The van der Waals surface area contributed by atoms with Gasteiger partial charge in [-0.25, -0.2) is 4.98 Å². The molecule has 0 fully saturated rings. The summed E-state index contributed by atoms with van der Waals surface area (Å²) in [4.78, 5) is 4.78. The van der Waals surface area contributed by atoms with Crippen molar-refractivity contribution in [1.82, 2.24) is 9.55 Å². The fourth-order valence-electron chi connectivity index (χ4n) is 3.18. The molecule has 3 rings (SSSR count). The molecule has 1 aliphatic heterocycles. The van der Waals surface area contributed by atoms with Gasteiger partial charge in [-0.1, -0.05) is 37.3 Å². The average molecular weight is 255 g/mol. The number of aromatic nitrogens is 2. The number of rotatable bonds is 2.